The average Bonchev–Trinajstić information content (AvgIpc) is 3.67. The molecular weight excluding hydrogens is 574 g/mol. The third kappa shape index (κ3) is 6.35. The molecule has 2 atom stereocenters. The summed E-state index contributed by atoms with van der Waals surface area (Å²) >= 11 is 1.69. The number of likely N-dealkylation sites (tertiary alicyclic amines) is 2. The van der Waals surface area contributed by atoms with E-state index in [2.05, 4.69) is 38.3 Å². The van der Waals surface area contributed by atoms with E-state index in [0.29, 0.717) is 49.9 Å². The molecule has 3 fully saturated rings. The molecule has 13 heteroatoms. The Labute approximate surface area is 253 Å². The van der Waals surface area contributed by atoms with Gasteiger partial charge in [-0.2, -0.15) is 0 Å². The normalized spacial score (nSPS) is 22.0. The largest absolute Gasteiger partial charge is 0.480 e. The van der Waals surface area contributed by atoms with Gasteiger partial charge in [0.1, 0.15) is 5.69 Å². The van der Waals surface area contributed by atoms with Gasteiger partial charge in [0.15, 0.2) is 0 Å². The number of aryl methyl sites for hydroxylation is 1. The predicted molar refractivity (Wildman–Crippen MR) is 169 cm³/mol. The van der Waals surface area contributed by atoms with Gasteiger partial charge < -0.3 is 14.4 Å². The standard InChI is InChI=1S/C28H39N7O4S2.CH4/c1-18-6-5-8-35(18)21-7-9-33(16-21)17-22-19(2)40-26-24(30-28(31-25(22)26)34-10-12-39-13-11-34)20-14-23(32-41(4,36)37)27(38-3)29-15-20;/h14-15,18,21,32H,5-13,16-17H2,1-4H3;1H4. The number of nitrogens with one attached hydrogen (secondary N) is 1. The zero-order valence-electron chi connectivity index (χ0n) is 24.2. The molecule has 230 valence electrons. The number of fused-ring (bicyclic) bond motifs is 1. The van der Waals surface area contributed by atoms with Crippen LogP contribution >= 0.6 is 11.3 Å². The number of ether oxygens (including phenoxy) is 2. The lowest BCUT2D eigenvalue weighted by molar-refractivity contribution is 0.122. The Kier molecular flexibility index (Phi) is 9.24. The molecule has 11 nitrogen and oxygen atoms in total. The highest BCUT2D eigenvalue weighted by Gasteiger charge is 2.33. The summed E-state index contributed by atoms with van der Waals surface area (Å²) < 4.78 is 38.6. The van der Waals surface area contributed by atoms with Crippen molar-refractivity contribution in [2.45, 2.75) is 59.2 Å². The molecule has 1 N–H and O–H groups in total. The van der Waals surface area contributed by atoms with Crippen molar-refractivity contribution in [3.63, 3.8) is 0 Å². The number of pyridine rings is 1. The maximum absolute atomic E-state index is 12.1. The summed E-state index contributed by atoms with van der Waals surface area (Å²) in [6.07, 6.45) is 6.61. The molecule has 3 aliphatic heterocycles. The monoisotopic (exact) mass is 617 g/mol. The fourth-order valence-corrected chi connectivity index (χ4v) is 8.04. The second-order valence-electron chi connectivity index (χ2n) is 11.3. The lowest BCUT2D eigenvalue weighted by Gasteiger charge is -2.28. The van der Waals surface area contributed by atoms with Crippen molar-refractivity contribution in [3.8, 4) is 17.1 Å². The van der Waals surface area contributed by atoms with Crippen LogP contribution in [0.1, 0.15) is 44.1 Å². The lowest BCUT2D eigenvalue weighted by Crippen LogP contribution is -2.39. The number of morpholine rings is 1. The van der Waals surface area contributed by atoms with Gasteiger partial charge >= 0.3 is 0 Å². The molecule has 0 saturated carbocycles. The second-order valence-corrected chi connectivity index (χ2v) is 14.3. The second kappa shape index (κ2) is 12.6. The topological polar surface area (TPSA) is 113 Å². The molecule has 0 aliphatic carbocycles. The summed E-state index contributed by atoms with van der Waals surface area (Å²) in [6.45, 7) is 11.4. The Hall–Kier alpha value is -2.58. The van der Waals surface area contributed by atoms with E-state index >= 15 is 0 Å². The minimum atomic E-state index is -3.54. The zero-order valence-corrected chi connectivity index (χ0v) is 25.9. The van der Waals surface area contributed by atoms with E-state index in [0.717, 1.165) is 41.8 Å². The van der Waals surface area contributed by atoms with Crippen LogP contribution in [-0.4, -0.2) is 105 Å². The van der Waals surface area contributed by atoms with Crippen molar-refractivity contribution in [2.24, 2.45) is 0 Å². The lowest BCUT2D eigenvalue weighted by atomic mass is 10.1. The maximum Gasteiger partial charge on any atom is 0.238 e. The number of rotatable bonds is 8. The van der Waals surface area contributed by atoms with E-state index in [1.165, 1.54) is 43.4 Å². The van der Waals surface area contributed by atoms with Gasteiger partial charge in [-0.15, -0.1) is 11.3 Å². The number of nitrogens with zero attached hydrogens (tertiary/aromatic N) is 6. The first-order valence-electron chi connectivity index (χ1n) is 14.3. The summed E-state index contributed by atoms with van der Waals surface area (Å²) in [5, 5.41) is 0. The predicted octanol–water partition coefficient (Wildman–Crippen LogP) is 3.97. The Morgan fingerprint density at radius 1 is 1.17 bits per heavy atom. The highest BCUT2D eigenvalue weighted by molar-refractivity contribution is 7.92. The summed E-state index contributed by atoms with van der Waals surface area (Å²) in [4.78, 5) is 23.3. The first-order valence-corrected chi connectivity index (χ1v) is 17.0. The fourth-order valence-electron chi connectivity index (χ4n) is 6.37. The minimum absolute atomic E-state index is 0. The zero-order chi connectivity index (χ0) is 28.7. The van der Waals surface area contributed by atoms with Gasteiger partial charge in [-0.25, -0.2) is 23.4 Å². The van der Waals surface area contributed by atoms with Crippen LogP contribution in [0.2, 0.25) is 0 Å². The minimum Gasteiger partial charge on any atom is -0.480 e. The molecule has 0 amide bonds. The summed E-state index contributed by atoms with van der Waals surface area (Å²) in [5.41, 5.74) is 3.93. The quantitative estimate of drug-likeness (QED) is 0.398. The Morgan fingerprint density at radius 2 is 1.95 bits per heavy atom. The molecule has 3 aromatic rings. The third-order valence-corrected chi connectivity index (χ3v) is 10.2. The number of methoxy groups -OCH3 is 1. The number of aromatic nitrogens is 3. The van der Waals surface area contributed by atoms with Crippen LogP contribution in [0.5, 0.6) is 5.88 Å². The van der Waals surface area contributed by atoms with E-state index in [4.69, 9.17) is 19.4 Å². The van der Waals surface area contributed by atoms with Crippen LogP contribution < -0.4 is 14.4 Å². The van der Waals surface area contributed by atoms with Crippen molar-refractivity contribution >= 4 is 43.2 Å². The maximum atomic E-state index is 12.1. The molecule has 3 saturated heterocycles. The Morgan fingerprint density at radius 3 is 2.64 bits per heavy atom. The van der Waals surface area contributed by atoms with Crippen molar-refractivity contribution in [1.29, 1.82) is 0 Å². The van der Waals surface area contributed by atoms with Crippen molar-refractivity contribution in [3.05, 3.63) is 22.7 Å². The Balaban J connectivity index is 0.00000353. The van der Waals surface area contributed by atoms with E-state index in [1.54, 1.807) is 23.6 Å². The smallest absolute Gasteiger partial charge is 0.238 e. The van der Waals surface area contributed by atoms with E-state index in [-0.39, 0.29) is 19.0 Å². The molecular formula is C29H43N7O4S2. The van der Waals surface area contributed by atoms with Gasteiger partial charge in [-0.1, -0.05) is 7.43 Å². The molecule has 42 heavy (non-hydrogen) atoms. The molecule has 0 spiro atoms. The van der Waals surface area contributed by atoms with Gasteiger partial charge in [0.2, 0.25) is 21.9 Å². The SMILES string of the molecule is C.COc1ncc(-c2nc(N3CCOCC3)nc3c(CN4CCC(N5CCCC5C)C4)c(C)sc23)cc1NS(C)(=O)=O. The van der Waals surface area contributed by atoms with Crippen LogP contribution in [0.25, 0.3) is 21.5 Å². The summed E-state index contributed by atoms with van der Waals surface area (Å²) in [6, 6.07) is 3.04. The fraction of sp³-hybridized carbons (Fsp3) is 0.621. The molecule has 0 aromatic carbocycles. The van der Waals surface area contributed by atoms with Crippen LogP contribution in [-0.2, 0) is 21.3 Å². The van der Waals surface area contributed by atoms with Crippen molar-refractivity contribution < 1.29 is 17.9 Å². The molecule has 6 heterocycles. The number of hydrogen-bond donors (Lipinski definition) is 1. The Bertz CT molecular complexity index is 1520. The molecule has 2 unspecified atom stereocenters. The van der Waals surface area contributed by atoms with Crippen molar-refractivity contribution in [2.75, 3.05) is 68.9 Å². The van der Waals surface area contributed by atoms with Gasteiger partial charge in [-0.3, -0.25) is 14.5 Å². The number of anilines is 2. The number of thiophene rings is 1. The van der Waals surface area contributed by atoms with Crippen molar-refractivity contribution in [1.82, 2.24) is 24.8 Å². The van der Waals surface area contributed by atoms with Gasteiger partial charge in [0, 0.05) is 67.0 Å². The van der Waals surface area contributed by atoms with E-state index in [1.807, 2.05) is 0 Å². The van der Waals surface area contributed by atoms with Gasteiger partial charge in [0.05, 0.1) is 42.5 Å². The molecule has 6 rings (SSSR count). The average molecular weight is 618 g/mol. The first kappa shape index (κ1) is 30.9. The summed E-state index contributed by atoms with van der Waals surface area (Å²) in [5.74, 6) is 0.866. The highest BCUT2D eigenvalue weighted by Crippen LogP contribution is 2.40. The molecule has 3 aliphatic rings. The number of hydrogen-bond acceptors (Lipinski definition) is 11. The first-order chi connectivity index (χ1) is 19.7. The van der Waals surface area contributed by atoms with E-state index in [9.17, 15) is 8.42 Å². The molecule has 3 aromatic heterocycles. The third-order valence-electron chi connectivity index (χ3n) is 8.43. The highest BCUT2D eigenvalue weighted by atomic mass is 32.2. The summed E-state index contributed by atoms with van der Waals surface area (Å²) in [7, 11) is -2.07. The van der Waals surface area contributed by atoms with Crippen LogP contribution in [0.4, 0.5) is 11.6 Å². The molecule has 0 radical (unpaired) electrons. The molecule has 0 bridgehead atoms. The van der Waals surface area contributed by atoms with E-state index < -0.39 is 10.0 Å². The van der Waals surface area contributed by atoms with Crippen LogP contribution in [0.15, 0.2) is 12.3 Å². The van der Waals surface area contributed by atoms with Gasteiger partial charge in [-0.05, 0) is 45.7 Å². The van der Waals surface area contributed by atoms with Gasteiger partial charge in [0.25, 0.3) is 0 Å². The number of sulfonamides is 1. The van der Waals surface area contributed by atoms with Crippen LogP contribution in [0, 0.1) is 6.92 Å². The van der Waals surface area contributed by atoms with Crippen LogP contribution in [0.3, 0.4) is 0 Å².